The molecule has 0 radical (unpaired) electrons. The van der Waals surface area contributed by atoms with Gasteiger partial charge in [-0.15, -0.1) is 0 Å². The van der Waals surface area contributed by atoms with Crippen molar-refractivity contribution in [2.75, 3.05) is 24.7 Å². The molecular formula is C12H18ClN3O2. The van der Waals surface area contributed by atoms with Crippen LogP contribution in [0.3, 0.4) is 0 Å². The molecule has 1 aliphatic heterocycles. The first-order valence-corrected chi connectivity index (χ1v) is 6.61. The van der Waals surface area contributed by atoms with Crippen molar-refractivity contribution >= 4 is 17.4 Å². The Morgan fingerprint density at radius 1 is 1.56 bits per heavy atom. The molecule has 0 saturated carbocycles. The van der Waals surface area contributed by atoms with Gasteiger partial charge in [0.15, 0.2) is 5.82 Å². The van der Waals surface area contributed by atoms with Crippen LogP contribution in [-0.4, -0.2) is 40.9 Å². The number of halogens is 1. The van der Waals surface area contributed by atoms with Crippen LogP contribution >= 0.6 is 11.6 Å². The van der Waals surface area contributed by atoms with Crippen LogP contribution in [0.5, 0.6) is 0 Å². The molecule has 1 aromatic heterocycles. The zero-order valence-electron chi connectivity index (χ0n) is 10.5. The van der Waals surface area contributed by atoms with Crippen molar-refractivity contribution in [1.29, 1.82) is 0 Å². The molecule has 1 aliphatic rings. The number of aliphatic hydroxyl groups excluding tert-OH is 1. The maximum absolute atomic E-state index is 9.34. The fourth-order valence-electron chi connectivity index (χ4n) is 2.18. The van der Waals surface area contributed by atoms with E-state index in [-0.39, 0.29) is 12.6 Å². The number of hydrogen-bond donors (Lipinski definition) is 1. The van der Waals surface area contributed by atoms with Crippen LogP contribution in [-0.2, 0) is 11.3 Å². The van der Waals surface area contributed by atoms with Gasteiger partial charge in [-0.2, -0.15) is 0 Å². The van der Waals surface area contributed by atoms with E-state index in [4.69, 9.17) is 16.3 Å². The molecule has 0 aliphatic carbocycles. The van der Waals surface area contributed by atoms with Crippen molar-refractivity contribution in [2.24, 2.45) is 0 Å². The van der Waals surface area contributed by atoms with E-state index in [1.54, 1.807) is 6.07 Å². The van der Waals surface area contributed by atoms with Crippen LogP contribution in [0.15, 0.2) is 6.07 Å². The molecule has 1 fully saturated rings. The molecule has 1 aromatic rings. The topological polar surface area (TPSA) is 58.5 Å². The third kappa shape index (κ3) is 3.10. The summed E-state index contributed by atoms with van der Waals surface area (Å²) in [5.41, 5.74) is 0. The molecule has 0 bridgehead atoms. The Morgan fingerprint density at radius 3 is 3.11 bits per heavy atom. The first-order valence-electron chi connectivity index (χ1n) is 6.23. The van der Waals surface area contributed by atoms with Gasteiger partial charge < -0.3 is 14.7 Å². The van der Waals surface area contributed by atoms with E-state index in [0.717, 1.165) is 25.2 Å². The standard InChI is InChI=1S/C12H18ClN3O2/c1-2-18-8-11-14-10(13)6-12(15-11)16-5-3-4-9(16)7-17/h6,9,17H,2-5,7-8H2,1H3. The normalized spacial score (nSPS) is 19.5. The van der Waals surface area contributed by atoms with E-state index in [0.29, 0.717) is 24.2 Å². The second-order valence-electron chi connectivity index (χ2n) is 4.27. The van der Waals surface area contributed by atoms with Crippen LogP contribution < -0.4 is 4.90 Å². The number of ether oxygens (including phenoxy) is 1. The zero-order valence-corrected chi connectivity index (χ0v) is 11.2. The maximum atomic E-state index is 9.34. The van der Waals surface area contributed by atoms with Crippen LogP contribution in [0.2, 0.25) is 5.15 Å². The first kappa shape index (κ1) is 13.5. The predicted molar refractivity (Wildman–Crippen MR) is 69.8 cm³/mol. The molecule has 5 nitrogen and oxygen atoms in total. The smallest absolute Gasteiger partial charge is 0.158 e. The first-order chi connectivity index (χ1) is 8.74. The predicted octanol–water partition coefficient (Wildman–Crippen LogP) is 1.63. The van der Waals surface area contributed by atoms with Crippen LogP contribution in [0, 0.1) is 0 Å². The van der Waals surface area contributed by atoms with Crippen LogP contribution in [0.4, 0.5) is 5.82 Å². The van der Waals surface area contributed by atoms with Crippen molar-refractivity contribution in [2.45, 2.75) is 32.4 Å². The van der Waals surface area contributed by atoms with Gasteiger partial charge in [-0.05, 0) is 19.8 Å². The van der Waals surface area contributed by atoms with E-state index >= 15 is 0 Å². The average molecular weight is 272 g/mol. The van der Waals surface area contributed by atoms with Crippen LogP contribution in [0.1, 0.15) is 25.6 Å². The van der Waals surface area contributed by atoms with Gasteiger partial charge in [0.05, 0.1) is 12.6 Å². The fourth-order valence-corrected chi connectivity index (χ4v) is 2.38. The van der Waals surface area contributed by atoms with E-state index in [9.17, 15) is 5.11 Å². The van der Waals surface area contributed by atoms with Gasteiger partial charge in [-0.3, -0.25) is 0 Å². The second kappa shape index (κ2) is 6.31. The minimum absolute atomic E-state index is 0.135. The second-order valence-corrected chi connectivity index (χ2v) is 4.66. The lowest BCUT2D eigenvalue weighted by Gasteiger charge is -2.24. The summed E-state index contributed by atoms with van der Waals surface area (Å²) in [6.45, 7) is 3.94. The number of hydrogen-bond acceptors (Lipinski definition) is 5. The summed E-state index contributed by atoms with van der Waals surface area (Å²) in [4.78, 5) is 10.7. The molecule has 6 heteroatoms. The molecule has 1 atom stereocenters. The minimum atomic E-state index is 0.135. The number of nitrogens with zero attached hydrogens (tertiary/aromatic N) is 3. The summed E-state index contributed by atoms with van der Waals surface area (Å²) in [6.07, 6.45) is 2.05. The Bertz CT molecular complexity index is 403. The molecule has 1 saturated heterocycles. The molecule has 1 unspecified atom stereocenters. The maximum Gasteiger partial charge on any atom is 0.158 e. The lowest BCUT2D eigenvalue weighted by Crippen LogP contribution is -2.33. The molecule has 2 rings (SSSR count). The van der Waals surface area contributed by atoms with E-state index in [2.05, 4.69) is 14.9 Å². The van der Waals surface area contributed by atoms with E-state index < -0.39 is 0 Å². The van der Waals surface area contributed by atoms with Gasteiger partial charge in [0.2, 0.25) is 0 Å². The summed E-state index contributed by atoms with van der Waals surface area (Å²) < 4.78 is 5.29. The van der Waals surface area contributed by atoms with Crippen molar-refractivity contribution < 1.29 is 9.84 Å². The van der Waals surface area contributed by atoms with Gasteiger partial charge in [-0.25, -0.2) is 9.97 Å². The highest BCUT2D eigenvalue weighted by atomic mass is 35.5. The van der Waals surface area contributed by atoms with Gasteiger partial charge in [-0.1, -0.05) is 11.6 Å². The van der Waals surface area contributed by atoms with Crippen molar-refractivity contribution in [3.8, 4) is 0 Å². The van der Waals surface area contributed by atoms with Crippen LogP contribution in [0.25, 0.3) is 0 Å². The van der Waals surface area contributed by atoms with E-state index in [1.807, 2.05) is 6.92 Å². The summed E-state index contributed by atoms with van der Waals surface area (Å²) in [5, 5.41) is 9.75. The Morgan fingerprint density at radius 2 is 2.39 bits per heavy atom. The third-order valence-corrected chi connectivity index (χ3v) is 3.24. The fraction of sp³-hybridized carbons (Fsp3) is 0.667. The van der Waals surface area contributed by atoms with Crippen molar-refractivity contribution in [3.63, 3.8) is 0 Å². The van der Waals surface area contributed by atoms with Gasteiger partial charge in [0.25, 0.3) is 0 Å². The minimum Gasteiger partial charge on any atom is -0.394 e. The molecular weight excluding hydrogens is 254 g/mol. The summed E-state index contributed by atoms with van der Waals surface area (Å²) >= 11 is 6.00. The summed E-state index contributed by atoms with van der Waals surface area (Å²) in [7, 11) is 0. The number of aliphatic hydroxyl groups is 1. The number of aromatic nitrogens is 2. The molecule has 0 spiro atoms. The highest BCUT2D eigenvalue weighted by Crippen LogP contribution is 2.25. The van der Waals surface area contributed by atoms with E-state index in [1.165, 1.54) is 0 Å². The molecule has 18 heavy (non-hydrogen) atoms. The quantitative estimate of drug-likeness (QED) is 0.825. The zero-order chi connectivity index (χ0) is 13.0. The number of rotatable bonds is 5. The highest BCUT2D eigenvalue weighted by Gasteiger charge is 2.25. The molecule has 100 valence electrons. The molecule has 0 amide bonds. The summed E-state index contributed by atoms with van der Waals surface area (Å²) in [5.74, 6) is 1.36. The molecule has 2 heterocycles. The average Bonchev–Trinajstić information content (AvgIpc) is 2.84. The van der Waals surface area contributed by atoms with Gasteiger partial charge in [0.1, 0.15) is 17.6 Å². The third-order valence-electron chi connectivity index (χ3n) is 3.05. The Kier molecular flexibility index (Phi) is 4.74. The molecule has 0 aromatic carbocycles. The lowest BCUT2D eigenvalue weighted by molar-refractivity contribution is 0.128. The SMILES string of the molecule is CCOCc1nc(Cl)cc(N2CCCC2CO)n1. The Hall–Kier alpha value is -0.910. The van der Waals surface area contributed by atoms with Crippen molar-refractivity contribution in [3.05, 3.63) is 17.0 Å². The number of anilines is 1. The largest absolute Gasteiger partial charge is 0.394 e. The van der Waals surface area contributed by atoms with Crippen molar-refractivity contribution in [1.82, 2.24) is 9.97 Å². The highest BCUT2D eigenvalue weighted by molar-refractivity contribution is 6.29. The Labute approximate surface area is 112 Å². The van der Waals surface area contributed by atoms with Gasteiger partial charge in [0, 0.05) is 19.2 Å². The monoisotopic (exact) mass is 271 g/mol. The lowest BCUT2D eigenvalue weighted by atomic mass is 10.2. The van der Waals surface area contributed by atoms with Gasteiger partial charge >= 0.3 is 0 Å². The Balaban J connectivity index is 2.18. The summed E-state index contributed by atoms with van der Waals surface area (Å²) in [6, 6.07) is 1.88. The molecule has 1 N–H and O–H groups in total.